The van der Waals surface area contributed by atoms with Crippen LogP contribution < -0.4 is 10.9 Å². The Balaban J connectivity index is 2.57. The number of nitrogens with one attached hydrogen (secondary N) is 2. The third-order valence-electron chi connectivity index (χ3n) is 2.83. The second kappa shape index (κ2) is 5.28. The number of halogens is 2. The Morgan fingerprint density at radius 1 is 1.35 bits per heavy atom. The summed E-state index contributed by atoms with van der Waals surface area (Å²) >= 11 is 4.29. The maximum Gasteiger partial charge on any atom is 0.262 e. The van der Waals surface area contributed by atoms with Gasteiger partial charge in [0.25, 0.3) is 5.56 Å². The van der Waals surface area contributed by atoms with Gasteiger partial charge in [-0.3, -0.25) is 19.9 Å². The van der Waals surface area contributed by atoms with Crippen molar-refractivity contribution in [2.24, 2.45) is 12.5 Å². The smallest absolute Gasteiger partial charge is 0.262 e. The zero-order valence-corrected chi connectivity index (χ0v) is 15.8. The Labute approximate surface area is 143 Å². The van der Waals surface area contributed by atoms with Crippen molar-refractivity contribution in [2.45, 2.75) is 20.8 Å². The molecule has 0 saturated carbocycles. The maximum atomic E-state index is 12.1. The van der Waals surface area contributed by atoms with Crippen molar-refractivity contribution in [1.82, 2.24) is 14.5 Å². The van der Waals surface area contributed by atoms with Crippen LogP contribution in [0.2, 0.25) is 0 Å². The number of hydrogen-bond acceptors (Lipinski definition) is 3. The van der Waals surface area contributed by atoms with Gasteiger partial charge in [-0.15, -0.1) is 0 Å². The molecule has 2 aromatic heterocycles. The summed E-state index contributed by atoms with van der Waals surface area (Å²) in [6.07, 6.45) is 0. The summed E-state index contributed by atoms with van der Waals surface area (Å²) in [5, 5.41) is 3.19. The number of anilines is 1. The van der Waals surface area contributed by atoms with Crippen molar-refractivity contribution in [2.75, 3.05) is 5.32 Å². The molecule has 2 N–H and O–H groups in total. The Morgan fingerprint density at radius 3 is 2.50 bits per heavy atom. The van der Waals surface area contributed by atoms with E-state index in [1.54, 1.807) is 20.8 Å². The molecule has 0 aliphatic heterocycles. The highest BCUT2D eigenvalue weighted by molar-refractivity contribution is 14.1. The monoisotopic (exact) mass is 500 g/mol. The van der Waals surface area contributed by atoms with Gasteiger partial charge >= 0.3 is 0 Å². The Morgan fingerprint density at radius 2 is 1.95 bits per heavy atom. The molecule has 0 fully saturated rings. The van der Waals surface area contributed by atoms with Crippen LogP contribution in [0.5, 0.6) is 0 Å². The number of fused-ring (bicyclic) bond motifs is 1. The molecule has 1 amide bonds. The first-order chi connectivity index (χ1) is 9.12. The topological polar surface area (TPSA) is 79.8 Å². The van der Waals surface area contributed by atoms with Crippen LogP contribution in [0.25, 0.3) is 11.0 Å². The highest BCUT2D eigenvalue weighted by Gasteiger charge is 2.23. The number of aryl methyl sites for hydroxylation is 1. The first-order valence-corrected chi connectivity index (χ1v) is 8.04. The molecule has 0 atom stereocenters. The van der Waals surface area contributed by atoms with Gasteiger partial charge in [-0.25, -0.2) is 0 Å². The van der Waals surface area contributed by atoms with Crippen LogP contribution in [-0.4, -0.2) is 20.4 Å². The molecule has 2 aromatic rings. The van der Waals surface area contributed by atoms with Crippen molar-refractivity contribution < 1.29 is 4.79 Å². The number of H-pyrrole nitrogens is 1. The molecule has 0 unspecified atom stereocenters. The summed E-state index contributed by atoms with van der Waals surface area (Å²) in [5.41, 5.74) is -0.237. The first-order valence-electron chi connectivity index (χ1n) is 5.88. The normalized spacial score (nSPS) is 11.9. The number of aromatic nitrogens is 3. The molecular weight excluding hydrogens is 486 g/mol. The number of aromatic amines is 1. The van der Waals surface area contributed by atoms with Gasteiger partial charge in [0.05, 0.1) is 12.7 Å². The number of amides is 1. The van der Waals surface area contributed by atoms with Crippen LogP contribution in [0.3, 0.4) is 0 Å². The molecule has 0 aromatic carbocycles. The largest absolute Gasteiger partial charge is 0.323 e. The summed E-state index contributed by atoms with van der Waals surface area (Å²) in [5.74, 6) is -0.0190. The fourth-order valence-electron chi connectivity index (χ4n) is 1.60. The molecule has 0 aliphatic rings. The SMILES string of the molecule is Cn1c(I)c(I)c2c(=O)[nH]c(NC(=O)C(C)(C)C)nc21. The highest BCUT2D eigenvalue weighted by Crippen LogP contribution is 2.25. The molecule has 20 heavy (non-hydrogen) atoms. The molecule has 8 heteroatoms. The maximum absolute atomic E-state index is 12.1. The lowest BCUT2D eigenvalue weighted by molar-refractivity contribution is -0.123. The Kier molecular flexibility index (Phi) is 4.15. The van der Waals surface area contributed by atoms with Crippen LogP contribution in [0.15, 0.2) is 4.79 Å². The van der Waals surface area contributed by atoms with Gasteiger partial charge in [-0.1, -0.05) is 20.8 Å². The van der Waals surface area contributed by atoms with Crippen molar-refractivity contribution in [3.8, 4) is 0 Å². The fourth-order valence-corrected chi connectivity index (χ4v) is 2.95. The summed E-state index contributed by atoms with van der Waals surface area (Å²) in [6.45, 7) is 5.40. The van der Waals surface area contributed by atoms with E-state index in [0.29, 0.717) is 11.0 Å². The zero-order valence-electron chi connectivity index (χ0n) is 11.5. The fraction of sp³-hybridized carbons (Fsp3) is 0.417. The van der Waals surface area contributed by atoms with Crippen LogP contribution >= 0.6 is 45.2 Å². The van der Waals surface area contributed by atoms with Crippen molar-refractivity contribution in [3.63, 3.8) is 0 Å². The van der Waals surface area contributed by atoms with E-state index in [1.165, 1.54) is 0 Å². The van der Waals surface area contributed by atoms with Gasteiger partial charge < -0.3 is 4.57 Å². The van der Waals surface area contributed by atoms with Crippen LogP contribution in [0.4, 0.5) is 5.95 Å². The number of carbonyl (C=O) groups excluding carboxylic acids is 1. The molecule has 0 bridgehead atoms. The number of hydrogen-bond donors (Lipinski definition) is 2. The molecule has 2 rings (SSSR count). The molecule has 0 spiro atoms. The first kappa shape index (κ1) is 15.7. The molecule has 2 heterocycles. The van der Waals surface area contributed by atoms with E-state index in [0.717, 1.165) is 7.27 Å². The summed E-state index contributed by atoms with van der Waals surface area (Å²) in [6, 6.07) is 0. The second-order valence-corrected chi connectivity index (χ2v) is 7.58. The average molecular weight is 500 g/mol. The van der Waals surface area contributed by atoms with Gasteiger partial charge in [-0.05, 0) is 45.2 Å². The van der Waals surface area contributed by atoms with Gasteiger partial charge in [0, 0.05) is 12.5 Å². The second-order valence-electron chi connectivity index (χ2n) is 5.48. The minimum absolute atomic E-state index is 0.177. The third-order valence-corrected chi connectivity index (χ3v) is 6.17. The van der Waals surface area contributed by atoms with Crippen LogP contribution in [0, 0.1) is 12.7 Å². The van der Waals surface area contributed by atoms with E-state index in [9.17, 15) is 9.59 Å². The van der Waals surface area contributed by atoms with Crippen molar-refractivity contribution in [3.05, 3.63) is 17.6 Å². The van der Waals surface area contributed by atoms with E-state index < -0.39 is 5.41 Å². The van der Waals surface area contributed by atoms with Crippen molar-refractivity contribution >= 4 is 68.1 Å². The van der Waals surface area contributed by atoms with E-state index >= 15 is 0 Å². The number of nitrogens with zero attached hydrogens (tertiary/aromatic N) is 2. The third kappa shape index (κ3) is 2.71. The summed E-state index contributed by atoms with van der Waals surface area (Å²) in [4.78, 5) is 31.1. The van der Waals surface area contributed by atoms with Gasteiger partial charge in [-0.2, -0.15) is 4.98 Å². The van der Waals surface area contributed by atoms with Gasteiger partial charge in [0.15, 0.2) is 5.65 Å². The average Bonchev–Trinajstić information content (AvgIpc) is 2.53. The van der Waals surface area contributed by atoms with Gasteiger partial charge in [0.2, 0.25) is 11.9 Å². The van der Waals surface area contributed by atoms with E-state index in [2.05, 4.69) is 60.5 Å². The lowest BCUT2D eigenvalue weighted by Crippen LogP contribution is -2.29. The lowest BCUT2D eigenvalue weighted by atomic mass is 9.96. The minimum Gasteiger partial charge on any atom is -0.323 e. The summed E-state index contributed by atoms with van der Waals surface area (Å²) < 4.78 is 3.64. The van der Waals surface area contributed by atoms with Crippen LogP contribution in [0.1, 0.15) is 20.8 Å². The van der Waals surface area contributed by atoms with Gasteiger partial charge in [0.1, 0.15) is 0 Å². The lowest BCUT2D eigenvalue weighted by Gasteiger charge is -2.16. The van der Waals surface area contributed by atoms with E-state index in [1.807, 2.05) is 11.6 Å². The van der Waals surface area contributed by atoms with Crippen LogP contribution in [-0.2, 0) is 11.8 Å². The Bertz CT molecular complexity index is 755. The quantitative estimate of drug-likeness (QED) is 0.591. The molecule has 6 nitrogen and oxygen atoms in total. The standard InChI is InChI=1S/C12H14I2N4O2/c1-12(2,3)10(20)17-11-15-8-5(9(19)16-11)6(13)7(14)18(8)4/h1-4H3,(H2,15,16,17,19,20). The highest BCUT2D eigenvalue weighted by atomic mass is 127. The zero-order chi connectivity index (χ0) is 15.2. The Hall–Kier alpha value is -0.650. The summed E-state index contributed by atoms with van der Waals surface area (Å²) in [7, 11) is 1.84. The van der Waals surface area contributed by atoms with E-state index in [4.69, 9.17) is 0 Å². The molecule has 0 radical (unpaired) electrons. The van der Waals surface area contributed by atoms with E-state index in [-0.39, 0.29) is 17.4 Å². The molecule has 0 aliphatic carbocycles. The molecule has 0 saturated heterocycles. The number of rotatable bonds is 1. The molecular formula is C12H14I2N4O2. The minimum atomic E-state index is -0.551. The predicted molar refractivity (Wildman–Crippen MR) is 94.9 cm³/mol. The molecule has 108 valence electrons. The number of carbonyl (C=O) groups is 1. The van der Waals surface area contributed by atoms with Crippen molar-refractivity contribution in [1.29, 1.82) is 0 Å². The predicted octanol–water partition coefficient (Wildman–Crippen LogP) is 2.46.